The highest BCUT2D eigenvalue weighted by Crippen LogP contribution is 2.23. The molecular formula is C24H25ClN4O2. The molecule has 0 spiro atoms. The van der Waals surface area contributed by atoms with Crippen LogP contribution in [0.3, 0.4) is 0 Å². The standard InChI is InChI=1S/C24H25ClN4O2/c1-17-14-20(8-9-21(17)25)31-16-24(30)29-12-10-28(11-13-29)23-15-22(26-18(2)27-23)19-6-4-3-5-7-19/h3-9,14-15H,10-13,16H2,1-2H3. The third-order valence-electron chi connectivity index (χ3n) is 5.34. The summed E-state index contributed by atoms with van der Waals surface area (Å²) in [5.74, 6) is 2.27. The molecule has 4 rings (SSSR count). The number of piperazine rings is 1. The predicted octanol–water partition coefficient (Wildman–Crippen LogP) is 4.14. The molecule has 0 aliphatic carbocycles. The van der Waals surface area contributed by atoms with Gasteiger partial charge in [0.25, 0.3) is 5.91 Å². The Kier molecular flexibility index (Phi) is 6.37. The van der Waals surface area contributed by atoms with Gasteiger partial charge in [-0.1, -0.05) is 41.9 Å². The van der Waals surface area contributed by atoms with Gasteiger partial charge in [-0.2, -0.15) is 0 Å². The Balaban J connectivity index is 1.35. The van der Waals surface area contributed by atoms with E-state index in [9.17, 15) is 4.79 Å². The van der Waals surface area contributed by atoms with Crippen LogP contribution in [-0.2, 0) is 4.79 Å². The summed E-state index contributed by atoms with van der Waals surface area (Å²) in [4.78, 5) is 25.8. The molecule has 31 heavy (non-hydrogen) atoms. The van der Waals surface area contributed by atoms with Crippen molar-refractivity contribution < 1.29 is 9.53 Å². The Morgan fingerprint density at radius 1 is 1.00 bits per heavy atom. The first-order chi connectivity index (χ1) is 15.0. The minimum atomic E-state index is -0.0175. The molecule has 1 aliphatic heterocycles. The number of hydrogen-bond donors (Lipinski definition) is 0. The van der Waals surface area contributed by atoms with Crippen molar-refractivity contribution in [3.63, 3.8) is 0 Å². The molecule has 7 heteroatoms. The van der Waals surface area contributed by atoms with Crippen LogP contribution in [0.5, 0.6) is 5.75 Å². The summed E-state index contributed by atoms with van der Waals surface area (Å²) in [6.45, 7) is 6.54. The Hall–Kier alpha value is -3.12. The van der Waals surface area contributed by atoms with Crippen LogP contribution in [0.2, 0.25) is 5.02 Å². The van der Waals surface area contributed by atoms with Crippen LogP contribution in [0.4, 0.5) is 5.82 Å². The molecule has 2 heterocycles. The maximum Gasteiger partial charge on any atom is 0.260 e. The van der Waals surface area contributed by atoms with Gasteiger partial charge in [0.2, 0.25) is 0 Å². The van der Waals surface area contributed by atoms with E-state index in [4.69, 9.17) is 16.3 Å². The zero-order valence-electron chi connectivity index (χ0n) is 17.7. The van der Waals surface area contributed by atoms with Gasteiger partial charge in [-0.3, -0.25) is 4.79 Å². The van der Waals surface area contributed by atoms with Gasteiger partial charge >= 0.3 is 0 Å². The molecule has 1 fully saturated rings. The van der Waals surface area contributed by atoms with Gasteiger partial charge in [0, 0.05) is 42.8 Å². The fourth-order valence-corrected chi connectivity index (χ4v) is 3.72. The van der Waals surface area contributed by atoms with E-state index in [2.05, 4.69) is 14.9 Å². The summed E-state index contributed by atoms with van der Waals surface area (Å²) in [5.41, 5.74) is 2.90. The van der Waals surface area contributed by atoms with E-state index in [1.54, 1.807) is 12.1 Å². The lowest BCUT2D eigenvalue weighted by atomic mass is 10.1. The first kappa shape index (κ1) is 21.1. The van der Waals surface area contributed by atoms with Crippen LogP contribution in [0.1, 0.15) is 11.4 Å². The van der Waals surface area contributed by atoms with Crippen molar-refractivity contribution in [2.45, 2.75) is 13.8 Å². The third-order valence-corrected chi connectivity index (χ3v) is 5.77. The average molecular weight is 437 g/mol. The number of amides is 1. The number of rotatable bonds is 5. The smallest absolute Gasteiger partial charge is 0.260 e. The first-order valence-electron chi connectivity index (χ1n) is 10.3. The number of carbonyl (C=O) groups excluding carboxylic acids is 1. The maximum atomic E-state index is 12.6. The molecular weight excluding hydrogens is 412 g/mol. The average Bonchev–Trinajstić information content (AvgIpc) is 2.80. The SMILES string of the molecule is Cc1nc(-c2ccccc2)cc(N2CCN(C(=O)COc3ccc(Cl)c(C)c3)CC2)n1. The first-order valence-corrected chi connectivity index (χ1v) is 10.7. The van der Waals surface area contributed by atoms with Crippen molar-refractivity contribution in [1.29, 1.82) is 0 Å². The van der Waals surface area contributed by atoms with E-state index in [0.717, 1.165) is 41.6 Å². The predicted molar refractivity (Wildman–Crippen MR) is 123 cm³/mol. The molecule has 3 aromatic rings. The van der Waals surface area contributed by atoms with Gasteiger partial charge in [-0.15, -0.1) is 0 Å². The lowest BCUT2D eigenvalue weighted by Gasteiger charge is -2.35. The maximum absolute atomic E-state index is 12.6. The van der Waals surface area contributed by atoms with E-state index in [0.29, 0.717) is 23.9 Å². The third kappa shape index (κ3) is 5.14. The van der Waals surface area contributed by atoms with Crippen LogP contribution in [0.25, 0.3) is 11.3 Å². The molecule has 0 atom stereocenters. The molecule has 1 amide bonds. The van der Waals surface area contributed by atoms with Crippen LogP contribution in [-0.4, -0.2) is 53.6 Å². The van der Waals surface area contributed by atoms with Crippen LogP contribution >= 0.6 is 11.6 Å². The zero-order valence-corrected chi connectivity index (χ0v) is 18.5. The van der Waals surface area contributed by atoms with Crippen molar-refractivity contribution in [1.82, 2.24) is 14.9 Å². The number of anilines is 1. The summed E-state index contributed by atoms with van der Waals surface area (Å²) in [5, 5.41) is 0.685. The molecule has 0 radical (unpaired) electrons. The monoisotopic (exact) mass is 436 g/mol. The minimum Gasteiger partial charge on any atom is -0.484 e. The summed E-state index contributed by atoms with van der Waals surface area (Å²) in [6.07, 6.45) is 0. The quantitative estimate of drug-likeness (QED) is 0.601. The number of carbonyl (C=O) groups is 1. The summed E-state index contributed by atoms with van der Waals surface area (Å²) < 4.78 is 5.66. The zero-order chi connectivity index (χ0) is 21.8. The molecule has 2 aromatic carbocycles. The lowest BCUT2D eigenvalue weighted by Crippen LogP contribution is -2.50. The van der Waals surface area contributed by atoms with Crippen LogP contribution in [0.15, 0.2) is 54.6 Å². The van der Waals surface area contributed by atoms with Crippen molar-refractivity contribution >= 4 is 23.3 Å². The Labute approximate surface area is 187 Å². The topological polar surface area (TPSA) is 58.6 Å². The number of nitrogens with zero attached hydrogens (tertiary/aromatic N) is 4. The fourth-order valence-electron chi connectivity index (χ4n) is 3.60. The van der Waals surface area contributed by atoms with E-state index < -0.39 is 0 Å². The highest BCUT2D eigenvalue weighted by atomic mass is 35.5. The minimum absolute atomic E-state index is 0.0175. The van der Waals surface area contributed by atoms with Crippen LogP contribution in [0, 0.1) is 13.8 Å². The van der Waals surface area contributed by atoms with Gasteiger partial charge in [0.15, 0.2) is 6.61 Å². The Morgan fingerprint density at radius 3 is 2.45 bits per heavy atom. The molecule has 0 saturated carbocycles. The van der Waals surface area contributed by atoms with Crippen molar-refractivity contribution in [2.24, 2.45) is 0 Å². The molecule has 0 N–H and O–H groups in total. The van der Waals surface area contributed by atoms with Crippen LogP contribution < -0.4 is 9.64 Å². The normalized spacial score (nSPS) is 13.9. The fraction of sp³-hybridized carbons (Fsp3) is 0.292. The van der Waals surface area contributed by atoms with Crippen molar-refractivity contribution in [3.8, 4) is 17.0 Å². The van der Waals surface area contributed by atoms with Gasteiger partial charge in [-0.25, -0.2) is 9.97 Å². The number of benzene rings is 2. The van der Waals surface area contributed by atoms with Crippen molar-refractivity contribution in [3.05, 3.63) is 71.0 Å². The molecule has 1 aromatic heterocycles. The number of hydrogen-bond acceptors (Lipinski definition) is 5. The summed E-state index contributed by atoms with van der Waals surface area (Å²) in [7, 11) is 0. The number of ether oxygens (including phenoxy) is 1. The lowest BCUT2D eigenvalue weighted by molar-refractivity contribution is -0.133. The molecule has 1 aliphatic rings. The summed E-state index contributed by atoms with van der Waals surface area (Å²) in [6, 6.07) is 17.5. The second kappa shape index (κ2) is 9.35. The van der Waals surface area contributed by atoms with Gasteiger partial charge in [-0.05, 0) is 37.6 Å². The van der Waals surface area contributed by atoms with E-state index in [1.165, 1.54) is 0 Å². The number of halogens is 1. The Morgan fingerprint density at radius 2 is 1.74 bits per heavy atom. The molecule has 6 nitrogen and oxygen atoms in total. The van der Waals surface area contributed by atoms with E-state index >= 15 is 0 Å². The number of aromatic nitrogens is 2. The summed E-state index contributed by atoms with van der Waals surface area (Å²) >= 11 is 6.04. The highest BCUT2D eigenvalue weighted by Gasteiger charge is 2.23. The molecule has 1 saturated heterocycles. The second-order valence-corrected chi connectivity index (χ2v) is 8.00. The number of aryl methyl sites for hydroxylation is 2. The molecule has 0 unspecified atom stereocenters. The van der Waals surface area contributed by atoms with Gasteiger partial charge in [0.05, 0.1) is 5.69 Å². The Bertz CT molecular complexity index is 1070. The molecule has 160 valence electrons. The van der Waals surface area contributed by atoms with E-state index in [-0.39, 0.29) is 12.5 Å². The second-order valence-electron chi connectivity index (χ2n) is 7.59. The van der Waals surface area contributed by atoms with Gasteiger partial charge < -0.3 is 14.5 Å². The molecule has 0 bridgehead atoms. The van der Waals surface area contributed by atoms with E-state index in [1.807, 2.05) is 61.2 Å². The largest absolute Gasteiger partial charge is 0.484 e. The van der Waals surface area contributed by atoms with Gasteiger partial charge in [0.1, 0.15) is 17.4 Å². The highest BCUT2D eigenvalue weighted by molar-refractivity contribution is 6.31. The van der Waals surface area contributed by atoms with Crippen molar-refractivity contribution in [2.75, 3.05) is 37.7 Å².